The topological polar surface area (TPSA) is 58.1 Å². The second-order valence-electron chi connectivity index (χ2n) is 8.38. The van der Waals surface area contributed by atoms with E-state index in [1.165, 1.54) is 31.2 Å². The first-order chi connectivity index (χ1) is 13.7. The van der Waals surface area contributed by atoms with Crippen LogP contribution < -0.4 is 15.4 Å². The van der Waals surface area contributed by atoms with Gasteiger partial charge in [0.1, 0.15) is 5.75 Å². The average Bonchev–Trinajstić information content (AvgIpc) is 3.65. The van der Waals surface area contributed by atoms with Crippen LogP contribution in [0.15, 0.2) is 29.3 Å². The van der Waals surface area contributed by atoms with Crippen molar-refractivity contribution in [3.05, 3.63) is 29.8 Å². The van der Waals surface area contributed by atoms with Gasteiger partial charge >= 0.3 is 0 Å². The van der Waals surface area contributed by atoms with Gasteiger partial charge in [0.2, 0.25) is 0 Å². The molecule has 6 nitrogen and oxygen atoms in total. The lowest BCUT2D eigenvalue weighted by Crippen LogP contribution is -2.47. The van der Waals surface area contributed by atoms with Crippen molar-refractivity contribution in [1.29, 1.82) is 0 Å². The number of ether oxygens (including phenoxy) is 2. The van der Waals surface area contributed by atoms with E-state index in [0.717, 1.165) is 57.0 Å². The zero-order valence-electron chi connectivity index (χ0n) is 17.2. The number of nitrogens with zero attached hydrogens (tertiary/aromatic N) is 2. The van der Waals surface area contributed by atoms with E-state index >= 15 is 0 Å². The molecule has 1 heterocycles. The SMILES string of the molecule is CN=C(NCC(c1ccc(OC)cc1)N1CCOCC1)NCC1(C2CC2)CC1. The lowest BCUT2D eigenvalue weighted by atomic mass is 10.0. The van der Waals surface area contributed by atoms with Crippen LogP contribution in [0.3, 0.4) is 0 Å². The first-order valence-corrected chi connectivity index (χ1v) is 10.6. The molecular formula is C22H34N4O2. The van der Waals surface area contributed by atoms with Gasteiger partial charge in [-0.05, 0) is 54.7 Å². The van der Waals surface area contributed by atoms with Gasteiger partial charge in [-0.2, -0.15) is 0 Å². The maximum absolute atomic E-state index is 5.56. The smallest absolute Gasteiger partial charge is 0.191 e. The fourth-order valence-electron chi connectivity index (χ4n) is 4.43. The molecule has 6 heteroatoms. The summed E-state index contributed by atoms with van der Waals surface area (Å²) in [6.45, 7) is 5.38. The van der Waals surface area contributed by atoms with Crippen molar-refractivity contribution in [3.63, 3.8) is 0 Å². The van der Waals surface area contributed by atoms with E-state index in [0.29, 0.717) is 5.41 Å². The van der Waals surface area contributed by atoms with Gasteiger partial charge in [-0.1, -0.05) is 12.1 Å². The van der Waals surface area contributed by atoms with E-state index in [4.69, 9.17) is 9.47 Å². The van der Waals surface area contributed by atoms with Crippen molar-refractivity contribution in [2.45, 2.75) is 31.7 Å². The van der Waals surface area contributed by atoms with Gasteiger partial charge in [-0.25, -0.2) is 0 Å². The molecule has 1 aromatic rings. The Hall–Kier alpha value is -1.79. The summed E-state index contributed by atoms with van der Waals surface area (Å²) in [5.74, 6) is 2.77. The van der Waals surface area contributed by atoms with Gasteiger partial charge in [-0.15, -0.1) is 0 Å². The summed E-state index contributed by atoms with van der Waals surface area (Å²) < 4.78 is 10.9. The molecule has 1 unspecified atom stereocenters. The van der Waals surface area contributed by atoms with Crippen LogP contribution in [0, 0.1) is 11.3 Å². The molecule has 3 fully saturated rings. The minimum Gasteiger partial charge on any atom is -0.497 e. The normalized spacial score (nSPS) is 23.1. The average molecular weight is 387 g/mol. The molecule has 1 aromatic carbocycles. The lowest BCUT2D eigenvalue weighted by molar-refractivity contribution is 0.0170. The number of benzene rings is 1. The van der Waals surface area contributed by atoms with E-state index in [1.807, 2.05) is 19.2 Å². The Balaban J connectivity index is 1.37. The molecule has 1 aliphatic heterocycles. The molecule has 2 aliphatic carbocycles. The summed E-state index contributed by atoms with van der Waals surface area (Å²) in [5, 5.41) is 7.18. The number of aliphatic imine (C=N–C) groups is 1. The Labute approximate surface area is 168 Å². The molecule has 0 radical (unpaired) electrons. The second-order valence-corrected chi connectivity index (χ2v) is 8.38. The first-order valence-electron chi connectivity index (χ1n) is 10.6. The van der Waals surface area contributed by atoms with E-state index < -0.39 is 0 Å². The van der Waals surface area contributed by atoms with Gasteiger partial charge in [0.05, 0.1) is 26.4 Å². The number of methoxy groups -OCH3 is 1. The van der Waals surface area contributed by atoms with Gasteiger partial charge in [0.25, 0.3) is 0 Å². The number of hydrogen-bond donors (Lipinski definition) is 2. The van der Waals surface area contributed by atoms with Gasteiger partial charge in [-0.3, -0.25) is 9.89 Å². The van der Waals surface area contributed by atoms with E-state index in [-0.39, 0.29) is 6.04 Å². The summed E-state index contributed by atoms with van der Waals surface area (Å²) >= 11 is 0. The van der Waals surface area contributed by atoms with E-state index in [2.05, 4.69) is 32.7 Å². The van der Waals surface area contributed by atoms with Crippen LogP contribution in [0.1, 0.15) is 37.3 Å². The van der Waals surface area contributed by atoms with E-state index in [1.54, 1.807) is 7.11 Å². The molecule has 0 bridgehead atoms. The number of morpholine rings is 1. The third-order valence-electron chi connectivity index (χ3n) is 6.62. The molecule has 0 aromatic heterocycles. The van der Waals surface area contributed by atoms with Crippen molar-refractivity contribution in [2.24, 2.45) is 16.3 Å². The molecule has 3 aliphatic rings. The molecule has 2 saturated carbocycles. The predicted octanol–water partition coefficient (Wildman–Crippen LogP) is 2.42. The Morgan fingerprint density at radius 3 is 2.50 bits per heavy atom. The molecule has 1 atom stereocenters. The minimum absolute atomic E-state index is 0.284. The zero-order chi connectivity index (χ0) is 19.4. The van der Waals surface area contributed by atoms with Crippen LogP contribution in [-0.2, 0) is 4.74 Å². The van der Waals surface area contributed by atoms with Crippen LogP contribution in [0.5, 0.6) is 5.75 Å². The van der Waals surface area contributed by atoms with Crippen molar-refractivity contribution in [2.75, 3.05) is 53.6 Å². The fourth-order valence-corrected chi connectivity index (χ4v) is 4.43. The lowest BCUT2D eigenvalue weighted by Gasteiger charge is -2.35. The quantitative estimate of drug-likeness (QED) is 0.531. The first kappa shape index (κ1) is 19.5. The Kier molecular flexibility index (Phi) is 6.07. The Morgan fingerprint density at radius 1 is 1.21 bits per heavy atom. The fraction of sp³-hybridized carbons (Fsp3) is 0.682. The summed E-state index contributed by atoms with van der Waals surface area (Å²) in [6.07, 6.45) is 5.60. The predicted molar refractivity (Wildman–Crippen MR) is 112 cm³/mol. The Bertz CT molecular complexity index is 662. The number of rotatable bonds is 8. The molecule has 0 amide bonds. The van der Waals surface area contributed by atoms with Crippen LogP contribution in [0.2, 0.25) is 0 Å². The second kappa shape index (κ2) is 8.70. The standard InChI is InChI=1S/C22H34N4O2/c1-23-21(25-16-22(9-10-22)18-5-6-18)24-15-20(26-11-13-28-14-12-26)17-3-7-19(27-2)8-4-17/h3-4,7-8,18,20H,5-6,9-16H2,1-2H3,(H2,23,24,25). The third kappa shape index (κ3) is 4.61. The molecular weight excluding hydrogens is 352 g/mol. The summed E-state index contributed by atoms with van der Waals surface area (Å²) in [4.78, 5) is 6.97. The highest BCUT2D eigenvalue weighted by Crippen LogP contribution is 2.60. The summed E-state index contributed by atoms with van der Waals surface area (Å²) in [6, 6.07) is 8.71. The van der Waals surface area contributed by atoms with Crippen molar-refractivity contribution < 1.29 is 9.47 Å². The van der Waals surface area contributed by atoms with E-state index in [9.17, 15) is 0 Å². The zero-order valence-corrected chi connectivity index (χ0v) is 17.2. The third-order valence-corrected chi connectivity index (χ3v) is 6.62. The Morgan fingerprint density at radius 2 is 1.93 bits per heavy atom. The highest BCUT2D eigenvalue weighted by molar-refractivity contribution is 5.79. The number of guanidine groups is 1. The van der Waals surface area contributed by atoms with Gasteiger partial charge < -0.3 is 20.1 Å². The maximum atomic E-state index is 5.56. The summed E-state index contributed by atoms with van der Waals surface area (Å²) in [7, 11) is 3.57. The highest BCUT2D eigenvalue weighted by Gasteiger charge is 2.53. The van der Waals surface area contributed by atoms with Crippen LogP contribution >= 0.6 is 0 Å². The monoisotopic (exact) mass is 386 g/mol. The van der Waals surface area contributed by atoms with Crippen LogP contribution in [0.4, 0.5) is 0 Å². The largest absolute Gasteiger partial charge is 0.497 e. The summed E-state index contributed by atoms with van der Waals surface area (Å²) in [5.41, 5.74) is 1.86. The van der Waals surface area contributed by atoms with Gasteiger partial charge in [0, 0.05) is 33.2 Å². The number of hydrogen-bond acceptors (Lipinski definition) is 4. The van der Waals surface area contributed by atoms with Crippen LogP contribution in [0.25, 0.3) is 0 Å². The molecule has 0 spiro atoms. The van der Waals surface area contributed by atoms with Gasteiger partial charge in [0.15, 0.2) is 5.96 Å². The number of nitrogens with one attached hydrogen (secondary N) is 2. The molecule has 28 heavy (non-hydrogen) atoms. The molecule has 154 valence electrons. The highest BCUT2D eigenvalue weighted by atomic mass is 16.5. The van der Waals surface area contributed by atoms with Crippen molar-refractivity contribution in [1.82, 2.24) is 15.5 Å². The molecule has 4 rings (SSSR count). The van der Waals surface area contributed by atoms with Crippen molar-refractivity contribution in [3.8, 4) is 5.75 Å². The van der Waals surface area contributed by atoms with Crippen molar-refractivity contribution >= 4 is 5.96 Å². The van der Waals surface area contributed by atoms with Crippen LogP contribution in [-0.4, -0.2) is 64.4 Å². The minimum atomic E-state index is 0.284. The molecule has 2 N–H and O–H groups in total. The molecule has 1 saturated heterocycles. The maximum Gasteiger partial charge on any atom is 0.191 e.